The SMILES string of the molecule is CC1(C)OC/C(=C/[N-]CC[N-]/C=C2/COC(C)(C)C2=O)C1=O.C[PH+](C)C.C[PH+](C)C.[99Tc]. The molecule has 2 saturated heterocycles. The largest absolute Gasteiger partial charge is 0.691 e. The molecule has 181 valence electrons. The zero-order chi connectivity index (χ0) is 23.5. The van der Waals surface area contributed by atoms with E-state index < -0.39 is 11.2 Å². The van der Waals surface area contributed by atoms with Gasteiger partial charge in [0.1, 0.15) is 11.2 Å². The summed E-state index contributed by atoms with van der Waals surface area (Å²) in [6.45, 7) is 22.1. The number of carbonyl (C=O) groups is 2. The van der Waals surface area contributed by atoms with Crippen molar-refractivity contribution in [1.82, 2.24) is 0 Å². The van der Waals surface area contributed by atoms with E-state index in [0.29, 0.717) is 37.4 Å². The molecule has 2 aliphatic rings. The molecule has 1 radical (unpaired) electrons. The molecule has 2 fully saturated rings. The Hall–Kier alpha value is -0.151. The molecule has 9 heteroatoms. The van der Waals surface area contributed by atoms with E-state index in [9.17, 15) is 9.59 Å². The summed E-state index contributed by atoms with van der Waals surface area (Å²) >= 11 is 0. The fourth-order valence-electron chi connectivity index (χ4n) is 2.21. The zero-order valence-electron chi connectivity index (χ0n) is 20.9. The van der Waals surface area contributed by atoms with Gasteiger partial charge in [-0.25, -0.2) is 0 Å². The van der Waals surface area contributed by atoms with Crippen LogP contribution < -0.4 is 0 Å². The Labute approximate surface area is 205 Å². The van der Waals surface area contributed by atoms with Crippen LogP contribution in [0.5, 0.6) is 0 Å². The number of ketones is 2. The first-order valence-corrected chi connectivity index (χ1v) is 16.3. The van der Waals surface area contributed by atoms with Gasteiger partial charge in [0.25, 0.3) is 0 Å². The van der Waals surface area contributed by atoms with Crippen LogP contribution in [0.15, 0.2) is 23.5 Å². The number of rotatable bonds is 5. The van der Waals surface area contributed by atoms with Crippen LogP contribution in [0.1, 0.15) is 27.7 Å². The predicted molar refractivity (Wildman–Crippen MR) is 135 cm³/mol. The van der Waals surface area contributed by atoms with Crippen molar-refractivity contribution in [2.45, 2.75) is 38.9 Å². The Morgan fingerprint density at radius 3 is 1.19 bits per heavy atom. The van der Waals surface area contributed by atoms with Crippen molar-refractivity contribution in [1.29, 1.82) is 0 Å². The second kappa shape index (κ2) is 15.6. The maximum absolute atomic E-state index is 11.9. The smallest absolute Gasteiger partial charge is 0.190 e. The third kappa shape index (κ3) is 13.9. The number of ether oxygens (including phenoxy) is 2. The third-order valence-electron chi connectivity index (χ3n) is 3.71. The summed E-state index contributed by atoms with van der Waals surface area (Å²) in [4.78, 5) is 23.8. The molecule has 0 aromatic heterocycles. The molecule has 6 nitrogen and oxygen atoms in total. The summed E-state index contributed by atoms with van der Waals surface area (Å²) in [7, 11) is 0.241. The van der Waals surface area contributed by atoms with E-state index in [-0.39, 0.29) is 47.5 Å². The molecule has 0 N–H and O–H groups in total. The molecule has 0 bridgehead atoms. The van der Waals surface area contributed by atoms with Gasteiger partial charge >= 0.3 is 0 Å². The zero-order valence-corrected chi connectivity index (χ0v) is 24.7. The van der Waals surface area contributed by atoms with Crippen molar-refractivity contribution in [3.63, 3.8) is 0 Å². The number of hydrogen-bond donors (Lipinski definition) is 0. The van der Waals surface area contributed by atoms with Crippen molar-refractivity contribution in [3.05, 3.63) is 34.2 Å². The summed E-state index contributed by atoms with van der Waals surface area (Å²) in [5.74, 6) is -0.0440. The Balaban J connectivity index is 0. The fourth-order valence-corrected chi connectivity index (χ4v) is 2.21. The first-order chi connectivity index (χ1) is 13.7. The van der Waals surface area contributed by atoms with E-state index in [0.717, 1.165) is 0 Å². The second-order valence-electron chi connectivity index (χ2n) is 9.38. The van der Waals surface area contributed by atoms with Crippen LogP contribution in [-0.4, -0.2) is 89.1 Å². The summed E-state index contributed by atoms with van der Waals surface area (Å²) in [5.41, 5.74) is -0.314. The number of carbonyl (C=O) groups excluding carboxylic acids is 2. The van der Waals surface area contributed by atoms with Gasteiger partial charge in [-0.1, -0.05) is 0 Å². The molecule has 2 heterocycles. The van der Waals surface area contributed by atoms with Crippen molar-refractivity contribution in [3.8, 4) is 0 Å². The van der Waals surface area contributed by atoms with E-state index >= 15 is 0 Å². The van der Waals surface area contributed by atoms with Crippen LogP contribution in [0.4, 0.5) is 0 Å². The van der Waals surface area contributed by atoms with Gasteiger partial charge in [0, 0.05) is 71.2 Å². The average molecular weight is 559 g/mol. The Bertz CT molecular complexity index is 573. The van der Waals surface area contributed by atoms with Crippen LogP contribution in [0.2, 0.25) is 0 Å². The van der Waals surface area contributed by atoms with E-state index in [2.05, 4.69) is 50.6 Å². The van der Waals surface area contributed by atoms with E-state index in [1.54, 1.807) is 40.1 Å². The normalized spacial score (nSPS) is 21.4. The molecule has 0 amide bonds. The maximum atomic E-state index is 11.9. The molecule has 31 heavy (non-hydrogen) atoms. The molecule has 0 aliphatic carbocycles. The maximum Gasteiger partial charge on any atom is 0.190 e. The van der Waals surface area contributed by atoms with E-state index in [1.807, 2.05) is 0 Å². The molecular formula is C22H42N2O4P2Tc. The quantitative estimate of drug-likeness (QED) is 0.284. The van der Waals surface area contributed by atoms with Crippen molar-refractivity contribution in [2.75, 3.05) is 66.3 Å². The van der Waals surface area contributed by atoms with Crippen molar-refractivity contribution >= 4 is 27.4 Å². The van der Waals surface area contributed by atoms with Crippen LogP contribution in [0.25, 0.3) is 10.6 Å². The first kappa shape index (κ1) is 33.0. The van der Waals surface area contributed by atoms with E-state index in [4.69, 9.17) is 9.47 Å². The molecule has 0 aromatic rings. The molecular weight excluding hydrogens is 517 g/mol. The van der Waals surface area contributed by atoms with Crippen molar-refractivity contribution in [2.24, 2.45) is 0 Å². The molecule has 2 aliphatic heterocycles. The van der Waals surface area contributed by atoms with Crippen molar-refractivity contribution < 1.29 is 39.2 Å². The predicted octanol–water partition coefficient (Wildman–Crippen LogP) is 4.43. The van der Waals surface area contributed by atoms with Gasteiger partial charge in [-0.05, 0) is 43.5 Å². The van der Waals surface area contributed by atoms with Crippen LogP contribution in [0, 0.1) is 0 Å². The molecule has 2 rings (SSSR count). The average Bonchev–Trinajstić information content (AvgIpc) is 3.00. The summed E-state index contributed by atoms with van der Waals surface area (Å²) in [5, 5.41) is 8.36. The number of Topliss-reactive ketones (excluding diaryl/α,β-unsaturated/α-hetero) is 2. The minimum Gasteiger partial charge on any atom is -0.691 e. The Morgan fingerprint density at radius 1 is 0.742 bits per heavy atom. The standard InChI is InChI=1S/C16H24N2O4.2C3H9P.Tc/c1-15(2)13(19)11(9-21-15)7-17-5-6-18-8-12-10-22-16(3,4)14(12)20;2*1-4(2)3;/h7-8H,5-6,9-10H2,1-4H3,(H2,17,18,19,20);2*1-3H3;/i;;;1+1. The van der Waals surface area contributed by atoms with Gasteiger partial charge in [-0.2, -0.15) is 12.4 Å². The molecule has 0 unspecified atom stereocenters. The summed E-state index contributed by atoms with van der Waals surface area (Å²) in [6, 6.07) is 0. The second-order valence-corrected chi connectivity index (χ2v) is 15.4. The molecule has 0 atom stereocenters. The fraction of sp³-hybridized carbons (Fsp3) is 0.727. The Kier molecular flexibility index (Phi) is 16.7. The molecule has 0 aromatic carbocycles. The number of hydrogen-bond acceptors (Lipinski definition) is 4. The van der Waals surface area contributed by atoms with Crippen LogP contribution in [-0.2, 0) is 39.2 Å². The van der Waals surface area contributed by atoms with E-state index in [1.165, 1.54) is 0 Å². The minimum absolute atomic E-state index is 0. The molecule has 0 saturated carbocycles. The monoisotopic (exact) mass is 559 g/mol. The topological polar surface area (TPSA) is 80.8 Å². The summed E-state index contributed by atoms with van der Waals surface area (Å²) in [6.07, 6.45) is 3.12. The van der Waals surface area contributed by atoms with Gasteiger partial charge in [-0.15, -0.1) is 13.1 Å². The van der Waals surface area contributed by atoms with Gasteiger partial charge in [0.2, 0.25) is 0 Å². The minimum atomic E-state index is -0.744. The third-order valence-corrected chi connectivity index (χ3v) is 3.71. The molecule has 0 spiro atoms. The van der Waals surface area contributed by atoms with Gasteiger partial charge < -0.3 is 20.1 Å². The first-order valence-electron chi connectivity index (χ1n) is 10.3. The van der Waals surface area contributed by atoms with Crippen LogP contribution >= 0.6 is 15.8 Å². The summed E-state index contributed by atoms with van der Waals surface area (Å²) < 4.78 is 10.8. The Morgan fingerprint density at radius 2 is 1.00 bits per heavy atom. The van der Waals surface area contributed by atoms with Crippen LogP contribution in [0.3, 0.4) is 0 Å². The van der Waals surface area contributed by atoms with Gasteiger partial charge in [0.05, 0.1) is 13.2 Å². The van der Waals surface area contributed by atoms with Gasteiger partial charge in [0.15, 0.2) is 11.6 Å². The van der Waals surface area contributed by atoms with Gasteiger partial charge in [-0.3, -0.25) is 9.59 Å². The number of nitrogens with zero attached hydrogens (tertiary/aromatic N) is 2.